The van der Waals surface area contributed by atoms with E-state index in [4.69, 9.17) is 14.7 Å². The molecule has 1 unspecified atom stereocenters. The number of nitriles is 1. The summed E-state index contributed by atoms with van der Waals surface area (Å²) < 4.78 is 12.1. The van der Waals surface area contributed by atoms with Gasteiger partial charge in [0.15, 0.2) is 0 Å². The summed E-state index contributed by atoms with van der Waals surface area (Å²) in [5.74, 6) is 0. The zero-order valence-corrected chi connectivity index (χ0v) is 12.3. The van der Waals surface area contributed by atoms with Crippen LogP contribution in [-0.2, 0) is 16.1 Å². The van der Waals surface area contributed by atoms with Crippen molar-refractivity contribution in [2.24, 2.45) is 0 Å². The molecule has 1 spiro atoms. The van der Waals surface area contributed by atoms with E-state index >= 15 is 0 Å². The van der Waals surface area contributed by atoms with Crippen LogP contribution in [0.1, 0.15) is 24.8 Å². The van der Waals surface area contributed by atoms with E-state index in [9.17, 15) is 0 Å². The molecule has 2 fully saturated rings. The first-order valence-corrected chi connectivity index (χ1v) is 7.68. The fourth-order valence-electron chi connectivity index (χ4n) is 3.26. The first kappa shape index (κ1) is 14.5. The minimum Gasteiger partial charge on any atom is -0.372 e. The lowest BCUT2D eigenvalue weighted by molar-refractivity contribution is -0.0435. The molecule has 0 amide bonds. The van der Waals surface area contributed by atoms with Gasteiger partial charge >= 0.3 is 0 Å². The predicted octanol–water partition coefficient (Wildman–Crippen LogP) is 2.35. The number of nitrogens with zero attached hydrogens (tertiary/aromatic N) is 2. The Morgan fingerprint density at radius 3 is 2.76 bits per heavy atom. The van der Waals surface area contributed by atoms with Crippen molar-refractivity contribution in [3.05, 3.63) is 35.9 Å². The summed E-state index contributed by atoms with van der Waals surface area (Å²) in [6.07, 6.45) is 3.22. The molecular weight excluding hydrogens is 264 g/mol. The Morgan fingerprint density at radius 2 is 2.05 bits per heavy atom. The van der Waals surface area contributed by atoms with Crippen LogP contribution < -0.4 is 0 Å². The van der Waals surface area contributed by atoms with Crippen molar-refractivity contribution in [2.75, 3.05) is 26.2 Å². The van der Waals surface area contributed by atoms with Crippen LogP contribution in [0.5, 0.6) is 0 Å². The van der Waals surface area contributed by atoms with Crippen LogP contribution in [0.4, 0.5) is 0 Å². The van der Waals surface area contributed by atoms with Gasteiger partial charge in [-0.15, -0.1) is 0 Å². The molecule has 0 saturated carbocycles. The Bertz CT molecular complexity index is 489. The highest BCUT2D eigenvalue weighted by Gasteiger charge is 2.42. The van der Waals surface area contributed by atoms with E-state index in [0.717, 1.165) is 32.4 Å². The van der Waals surface area contributed by atoms with Gasteiger partial charge in [0.1, 0.15) is 0 Å². The van der Waals surface area contributed by atoms with Crippen LogP contribution in [0.2, 0.25) is 0 Å². The van der Waals surface area contributed by atoms with Gasteiger partial charge in [0, 0.05) is 19.5 Å². The van der Waals surface area contributed by atoms with E-state index in [-0.39, 0.29) is 11.7 Å². The van der Waals surface area contributed by atoms with Gasteiger partial charge in [0.2, 0.25) is 0 Å². The van der Waals surface area contributed by atoms with Crippen LogP contribution in [0.25, 0.3) is 0 Å². The topological polar surface area (TPSA) is 45.5 Å². The fraction of sp³-hybridized carbons (Fsp3) is 0.588. The third kappa shape index (κ3) is 3.62. The lowest BCUT2D eigenvalue weighted by Crippen LogP contribution is -2.44. The lowest BCUT2D eigenvalue weighted by atomic mass is 9.88. The average Bonchev–Trinajstić information content (AvgIpc) is 2.92. The monoisotopic (exact) mass is 286 g/mol. The van der Waals surface area contributed by atoms with Crippen LogP contribution in [0.3, 0.4) is 0 Å². The van der Waals surface area contributed by atoms with Gasteiger partial charge in [-0.3, -0.25) is 4.90 Å². The molecule has 2 heterocycles. The van der Waals surface area contributed by atoms with Crippen LogP contribution in [0.15, 0.2) is 30.3 Å². The standard InChI is InChI=1S/C17H22N2O2/c18-8-11-19-9-6-17(7-10-19)12-16(14-21-17)20-13-15-4-2-1-3-5-15/h1-5,16H,6-7,9-14H2. The van der Waals surface area contributed by atoms with Gasteiger partial charge in [-0.25, -0.2) is 0 Å². The summed E-state index contributed by atoms with van der Waals surface area (Å²) in [6, 6.07) is 12.5. The van der Waals surface area contributed by atoms with Crippen molar-refractivity contribution in [3.63, 3.8) is 0 Å². The van der Waals surface area contributed by atoms with E-state index in [1.807, 2.05) is 18.2 Å². The molecule has 0 N–H and O–H groups in total. The second-order valence-corrected chi connectivity index (χ2v) is 6.05. The molecule has 2 aliphatic rings. The summed E-state index contributed by atoms with van der Waals surface area (Å²) in [7, 11) is 0. The van der Waals surface area contributed by atoms with Gasteiger partial charge < -0.3 is 9.47 Å². The summed E-state index contributed by atoms with van der Waals surface area (Å²) in [5.41, 5.74) is 1.20. The number of hydrogen-bond acceptors (Lipinski definition) is 4. The summed E-state index contributed by atoms with van der Waals surface area (Å²) in [6.45, 7) is 3.80. The predicted molar refractivity (Wildman–Crippen MR) is 79.6 cm³/mol. The molecule has 0 bridgehead atoms. The van der Waals surface area contributed by atoms with Gasteiger partial charge in [0.25, 0.3) is 0 Å². The fourth-order valence-corrected chi connectivity index (χ4v) is 3.26. The highest BCUT2D eigenvalue weighted by Crippen LogP contribution is 2.37. The number of ether oxygens (including phenoxy) is 2. The number of hydrogen-bond donors (Lipinski definition) is 0. The third-order valence-electron chi connectivity index (χ3n) is 4.57. The van der Waals surface area contributed by atoms with Crippen molar-refractivity contribution < 1.29 is 9.47 Å². The van der Waals surface area contributed by atoms with Crippen molar-refractivity contribution in [3.8, 4) is 6.07 Å². The molecule has 4 heteroatoms. The zero-order valence-electron chi connectivity index (χ0n) is 12.3. The van der Waals surface area contributed by atoms with Crippen molar-refractivity contribution in [2.45, 2.75) is 37.6 Å². The molecule has 1 aromatic carbocycles. The van der Waals surface area contributed by atoms with E-state index in [1.54, 1.807) is 0 Å². The quantitative estimate of drug-likeness (QED) is 0.797. The van der Waals surface area contributed by atoms with Crippen LogP contribution in [0, 0.1) is 11.3 Å². The molecule has 112 valence electrons. The summed E-state index contributed by atoms with van der Waals surface area (Å²) in [5, 5.41) is 8.75. The molecule has 1 atom stereocenters. The van der Waals surface area contributed by atoms with Gasteiger partial charge in [-0.2, -0.15) is 5.26 Å². The molecule has 4 nitrogen and oxygen atoms in total. The number of rotatable bonds is 4. The molecule has 2 aliphatic heterocycles. The van der Waals surface area contributed by atoms with Gasteiger partial charge in [-0.1, -0.05) is 30.3 Å². The first-order valence-electron chi connectivity index (χ1n) is 7.68. The van der Waals surface area contributed by atoms with Crippen molar-refractivity contribution >= 4 is 0 Å². The second kappa shape index (κ2) is 6.57. The molecule has 21 heavy (non-hydrogen) atoms. The van der Waals surface area contributed by atoms with Crippen LogP contribution in [-0.4, -0.2) is 42.8 Å². The van der Waals surface area contributed by atoms with E-state index in [2.05, 4.69) is 23.1 Å². The number of piperidine rings is 1. The normalized spacial score (nSPS) is 25.0. The van der Waals surface area contributed by atoms with Gasteiger partial charge in [-0.05, 0) is 18.4 Å². The Kier molecular flexibility index (Phi) is 4.54. The largest absolute Gasteiger partial charge is 0.372 e. The minimum absolute atomic E-state index is 0.00664. The second-order valence-electron chi connectivity index (χ2n) is 6.05. The van der Waals surface area contributed by atoms with Gasteiger partial charge in [0.05, 0.1) is 37.5 Å². The smallest absolute Gasteiger partial charge is 0.0866 e. The van der Waals surface area contributed by atoms with Crippen molar-refractivity contribution in [1.82, 2.24) is 4.90 Å². The first-order chi connectivity index (χ1) is 10.3. The summed E-state index contributed by atoms with van der Waals surface area (Å²) >= 11 is 0. The third-order valence-corrected chi connectivity index (χ3v) is 4.57. The maximum Gasteiger partial charge on any atom is 0.0866 e. The molecule has 0 radical (unpaired) electrons. The van der Waals surface area contributed by atoms with E-state index in [1.165, 1.54) is 5.56 Å². The maximum atomic E-state index is 8.75. The lowest BCUT2D eigenvalue weighted by Gasteiger charge is -2.37. The SMILES string of the molecule is N#CCN1CCC2(CC1)CC(OCc1ccccc1)CO2. The maximum absolute atomic E-state index is 8.75. The Balaban J connectivity index is 1.46. The zero-order chi connectivity index (χ0) is 14.5. The molecule has 3 rings (SSSR count). The summed E-state index contributed by atoms with van der Waals surface area (Å²) in [4.78, 5) is 2.20. The molecule has 1 aromatic rings. The Morgan fingerprint density at radius 1 is 1.29 bits per heavy atom. The van der Waals surface area contributed by atoms with Crippen LogP contribution >= 0.6 is 0 Å². The highest BCUT2D eigenvalue weighted by atomic mass is 16.6. The average molecular weight is 286 g/mol. The highest BCUT2D eigenvalue weighted by molar-refractivity contribution is 5.13. The van der Waals surface area contributed by atoms with E-state index in [0.29, 0.717) is 19.8 Å². The molecule has 0 aliphatic carbocycles. The minimum atomic E-state index is -0.00664. The Hall–Kier alpha value is -1.41. The molecule has 2 saturated heterocycles. The van der Waals surface area contributed by atoms with E-state index < -0.39 is 0 Å². The molecule has 0 aromatic heterocycles. The number of likely N-dealkylation sites (tertiary alicyclic amines) is 1. The number of benzene rings is 1. The van der Waals surface area contributed by atoms with Crippen molar-refractivity contribution in [1.29, 1.82) is 5.26 Å². The molecular formula is C17H22N2O2. The Labute approximate surface area is 126 Å².